The maximum absolute atomic E-state index is 12.3. The minimum atomic E-state index is -0.0430. The summed E-state index contributed by atoms with van der Waals surface area (Å²) < 4.78 is 0. The van der Waals surface area contributed by atoms with Crippen LogP contribution < -0.4 is 10.2 Å². The van der Waals surface area contributed by atoms with Gasteiger partial charge in [0.2, 0.25) is 0 Å². The van der Waals surface area contributed by atoms with Crippen molar-refractivity contribution in [3.63, 3.8) is 0 Å². The van der Waals surface area contributed by atoms with E-state index in [4.69, 9.17) is 9.97 Å². The molecule has 3 rings (SSSR count). The zero-order valence-corrected chi connectivity index (χ0v) is 20.7. The van der Waals surface area contributed by atoms with Gasteiger partial charge in [-0.1, -0.05) is 61.2 Å². The Labute approximate surface area is 201 Å². The van der Waals surface area contributed by atoms with Gasteiger partial charge in [-0.2, -0.15) is 0 Å². The summed E-state index contributed by atoms with van der Waals surface area (Å²) in [5, 5.41) is 3.70. The fourth-order valence-corrected chi connectivity index (χ4v) is 4.08. The van der Waals surface area contributed by atoms with E-state index in [1.165, 1.54) is 0 Å². The first-order chi connectivity index (χ1) is 16.0. The lowest BCUT2D eigenvalue weighted by Gasteiger charge is -2.18. The SMILES string of the molecule is CCCN(C)c1cc(-c2ccccc2)nc(SCc2ccc(C(=O)NCCN(C)C)cc2)n1. The second-order valence-corrected chi connectivity index (χ2v) is 9.17. The largest absolute Gasteiger partial charge is 0.360 e. The number of nitrogens with one attached hydrogen (secondary N) is 1. The topological polar surface area (TPSA) is 61.4 Å². The maximum atomic E-state index is 12.3. The molecular weight excluding hydrogens is 430 g/mol. The standard InChI is InChI=1S/C26H33N5OS/c1-5-16-31(4)24-18-23(21-9-7-6-8-10-21)28-26(29-24)33-19-20-11-13-22(14-12-20)25(32)27-15-17-30(2)3/h6-14,18H,5,15-17,19H2,1-4H3,(H,27,32). The number of hydrogen-bond acceptors (Lipinski definition) is 6. The summed E-state index contributed by atoms with van der Waals surface area (Å²) in [5.74, 6) is 1.62. The quantitative estimate of drug-likeness (QED) is 0.332. The summed E-state index contributed by atoms with van der Waals surface area (Å²) in [5.41, 5.74) is 3.81. The average molecular weight is 464 g/mol. The molecule has 0 aliphatic rings. The number of likely N-dealkylation sites (N-methyl/N-ethyl adjacent to an activating group) is 1. The summed E-state index contributed by atoms with van der Waals surface area (Å²) in [6.45, 7) is 4.55. The summed E-state index contributed by atoms with van der Waals surface area (Å²) in [7, 11) is 6.04. The number of aromatic nitrogens is 2. The second-order valence-electron chi connectivity index (χ2n) is 8.23. The van der Waals surface area contributed by atoms with E-state index in [9.17, 15) is 4.79 Å². The highest BCUT2D eigenvalue weighted by molar-refractivity contribution is 7.98. The van der Waals surface area contributed by atoms with E-state index in [1.807, 2.05) is 61.5 Å². The third kappa shape index (κ3) is 7.58. The van der Waals surface area contributed by atoms with Crippen molar-refractivity contribution in [1.29, 1.82) is 0 Å². The zero-order valence-electron chi connectivity index (χ0n) is 19.9. The van der Waals surface area contributed by atoms with Crippen LogP contribution in [0.4, 0.5) is 5.82 Å². The number of anilines is 1. The molecule has 0 atom stereocenters. The van der Waals surface area contributed by atoms with Crippen LogP contribution in [0.1, 0.15) is 29.3 Å². The number of nitrogens with zero attached hydrogens (tertiary/aromatic N) is 4. The molecule has 0 unspecified atom stereocenters. The Morgan fingerprint density at radius 3 is 2.36 bits per heavy atom. The Morgan fingerprint density at radius 1 is 0.970 bits per heavy atom. The van der Waals surface area contributed by atoms with Crippen LogP contribution in [0.5, 0.6) is 0 Å². The number of rotatable bonds is 11. The Morgan fingerprint density at radius 2 is 1.70 bits per heavy atom. The van der Waals surface area contributed by atoms with Gasteiger partial charge in [0, 0.05) is 49.6 Å². The number of carbonyl (C=O) groups excluding carboxylic acids is 1. The van der Waals surface area contributed by atoms with Gasteiger partial charge in [-0.05, 0) is 38.2 Å². The van der Waals surface area contributed by atoms with E-state index in [2.05, 4.69) is 42.4 Å². The van der Waals surface area contributed by atoms with Crippen LogP contribution in [-0.2, 0) is 5.75 Å². The molecule has 1 aromatic heterocycles. The molecule has 0 bridgehead atoms. The number of carbonyl (C=O) groups is 1. The van der Waals surface area contributed by atoms with Crippen LogP contribution in [-0.4, -0.2) is 61.6 Å². The molecule has 0 aliphatic carbocycles. The highest BCUT2D eigenvalue weighted by Gasteiger charge is 2.11. The van der Waals surface area contributed by atoms with Crippen LogP contribution in [0.25, 0.3) is 11.3 Å². The van der Waals surface area contributed by atoms with E-state index in [1.54, 1.807) is 11.8 Å². The van der Waals surface area contributed by atoms with Crippen molar-refractivity contribution in [2.75, 3.05) is 45.7 Å². The van der Waals surface area contributed by atoms with Crippen molar-refractivity contribution in [1.82, 2.24) is 20.2 Å². The number of benzene rings is 2. The van der Waals surface area contributed by atoms with Crippen molar-refractivity contribution < 1.29 is 4.79 Å². The molecule has 33 heavy (non-hydrogen) atoms. The molecule has 0 saturated carbocycles. The van der Waals surface area contributed by atoms with Gasteiger partial charge in [0.15, 0.2) is 5.16 Å². The molecule has 1 heterocycles. The van der Waals surface area contributed by atoms with E-state index in [0.29, 0.717) is 12.1 Å². The van der Waals surface area contributed by atoms with Crippen molar-refractivity contribution in [3.8, 4) is 11.3 Å². The van der Waals surface area contributed by atoms with Crippen molar-refractivity contribution in [2.24, 2.45) is 0 Å². The minimum Gasteiger partial charge on any atom is -0.360 e. The lowest BCUT2D eigenvalue weighted by Crippen LogP contribution is -2.31. The minimum absolute atomic E-state index is 0.0430. The molecule has 1 amide bonds. The molecule has 7 heteroatoms. The lowest BCUT2D eigenvalue weighted by atomic mass is 10.1. The molecular formula is C26H33N5OS. The predicted octanol–water partition coefficient (Wildman–Crippen LogP) is 4.57. The van der Waals surface area contributed by atoms with Crippen molar-refractivity contribution in [2.45, 2.75) is 24.3 Å². The van der Waals surface area contributed by atoms with E-state index in [-0.39, 0.29) is 5.91 Å². The second kappa shape index (κ2) is 12.4. The first kappa shape index (κ1) is 24.7. The monoisotopic (exact) mass is 463 g/mol. The van der Waals surface area contributed by atoms with E-state index in [0.717, 1.165) is 53.1 Å². The fraction of sp³-hybridized carbons (Fsp3) is 0.346. The van der Waals surface area contributed by atoms with Gasteiger partial charge < -0.3 is 15.1 Å². The van der Waals surface area contributed by atoms with Gasteiger partial charge in [-0.25, -0.2) is 9.97 Å². The van der Waals surface area contributed by atoms with Gasteiger partial charge in [0.25, 0.3) is 5.91 Å². The smallest absolute Gasteiger partial charge is 0.251 e. The van der Waals surface area contributed by atoms with Gasteiger partial charge in [-0.15, -0.1) is 0 Å². The molecule has 3 aromatic rings. The average Bonchev–Trinajstić information content (AvgIpc) is 2.83. The first-order valence-corrected chi connectivity index (χ1v) is 12.2. The van der Waals surface area contributed by atoms with E-state index < -0.39 is 0 Å². The Hall–Kier alpha value is -2.90. The molecule has 1 N–H and O–H groups in total. The molecule has 0 spiro atoms. The molecule has 0 saturated heterocycles. The summed E-state index contributed by atoms with van der Waals surface area (Å²) in [4.78, 5) is 26.1. The van der Waals surface area contributed by atoms with Crippen LogP contribution in [0.2, 0.25) is 0 Å². The van der Waals surface area contributed by atoms with Crippen LogP contribution in [0.15, 0.2) is 65.8 Å². The van der Waals surface area contributed by atoms with Crippen LogP contribution in [0, 0.1) is 0 Å². The highest BCUT2D eigenvalue weighted by atomic mass is 32.2. The van der Waals surface area contributed by atoms with E-state index >= 15 is 0 Å². The molecule has 174 valence electrons. The normalized spacial score (nSPS) is 10.9. The predicted molar refractivity (Wildman–Crippen MR) is 138 cm³/mol. The van der Waals surface area contributed by atoms with Gasteiger partial charge in [0.05, 0.1) is 5.69 Å². The number of amides is 1. The van der Waals surface area contributed by atoms with Crippen molar-refractivity contribution >= 4 is 23.5 Å². The van der Waals surface area contributed by atoms with Crippen LogP contribution >= 0.6 is 11.8 Å². The molecule has 0 radical (unpaired) electrons. The Balaban J connectivity index is 1.70. The number of hydrogen-bond donors (Lipinski definition) is 1. The summed E-state index contributed by atoms with van der Waals surface area (Å²) >= 11 is 1.61. The van der Waals surface area contributed by atoms with Crippen molar-refractivity contribution in [3.05, 3.63) is 71.8 Å². The molecule has 0 aliphatic heterocycles. The van der Waals surface area contributed by atoms with Gasteiger partial charge >= 0.3 is 0 Å². The highest BCUT2D eigenvalue weighted by Crippen LogP contribution is 2.27. The lowest BCUT2D eigenvalue weighted by molar-refractivity contribution is 0.0951. The molecule has 6 nitrogen and oxygen atoms in total. The third-order valence-corrected chi connectivity index (χ3v) is 6.06. The maximum Gasteiger partial charge on any atom is 0.251 e. The molecule has 0 fully saturated rings. The Bertz CT molecular complexity index is 1020. The first-order valence-electron chi connectivity index (χ1n) is 11.3. The number of thioether (sulfide) groups is 1. The molecule has 2 aromatic carbocycles. The fourth-order valence-electron chi connectivity index (χ4n) is 3.28. The Kier molecular flexibility index (Phi) is 9.27. The third-order valence-electron chi connectivity index (χ3n) is 5.14. The van der Waals surface area contributed by atoms with Gasteiger partial charge in [0.1, 0.15) is 5.82 Å². The van der Waals surface area contributed by atoms with Gasteiger partial charge in [-0.3, -0.25) is 4.79 Å². The summed E-state index contributed by atoms with van der Waals surface area (Å²) in [6.07, 6.45) is 1.05. The van der Waals surface area contributed by atoms with Crippen LogP contribution in [0.3, 0.4) is 0 Å². The summed E-state index contributed by atoms with van der Waals surface area (Å²) in [6, 6.07) is 20.0. The zero-order chi connectivity index (χ0) is 23.6.